The second-order valence-corrected chi connectivity index (χ2v) is 7.63. The zero-order chi connectivity index (χ0) is 17.5. The van der Waals surface area contributed by atoms with E-state index in [1.54, 1.807) is 16.2 Å². The highest BCUT2D eigenvalue weighted by molar-refractivity contribution is 7.09. The summed E-state index contributed by atoms with van der Waals surface area (Å²) in [7, 11) is 1.87. The number of amides is 2. The molecule has 134 valence electrons. The third-order valence-electron chi connectivity index (χ3n) is 4.67. The van der Waals surface area contributed by atoms with E-state index in [4.69, 9.17) is 0 Å². The Labute approximate surface area is 154 Å². The minimum absolute atomic E-state index is 0.00926. The van der Waals surface area contributed by atoms with Gasteiger partial charge in [0.25, 0.3) is 0 Å². The van der Waals surface area contributed by atoms with Crippen LogP contribution in [-0.4, -0.2) is 37.6 Å². The molecule has 3 rings (SSSR count). The molecular formula is C20H27N3OS. The fourth-order valence-electron chi connectivity index (χ4n) is 3.30. The number of hydrogen-bond acceptors (Lipinski definition) is 3. The van der Waals surface area contributed by atoms with Gasteiger partial charge < -0.3 is 15.1 Å². The van der Waals surface area contributed by atoms with Gasteiger partial charge in [-0.2, -0.15) is 0 Å². The zero-order valence-electron chi connectivity index (χ0n) is 14.9. The number of benzene rings is 1. The third-order valence-corrected chi connectivity index (χ3v) is 5.61. The number of para-hydroxylation sites is 1. The molecule has 0 bridgehead atoms. The Kier molecular flexibility index (Phi) is 6.34. The highest BCUT2D eigenvalue weighted by Crippen LogP contribution is 2.25. The third kappa shape index (κ3) is 4.98. The number of nitrogens with one attached hydrogen (secondary N) is 1. The number of carbonyl (C=O) groups excluding carboxylic acids is 1. The number of nitrogens with zero attached hydrogens (tertiary/aromatic N) is 2. The molecule has 1 saturated heterocycles. The summed E-state index contributed by atoms with van der Waals surface area (Å²) in [6.45, 7) is 3.55. The summed E-state index contributed by atoms with van der Waals surface area (Å²) in [6.07, 6.45) is 4.73. The van der Waals surface area contributed by atoms with Gasteiger partial charge in [0.05, 0.1) is 0 Å². The molecule has 1 aliphatic heterocycles. The number of rotatable bonds is 6. The molecule has 1 aliphatic rings. The predicted molar refractivity (Wildman–Crippen MR) is 105 cm³/mol. The van der Waals surface area contributed by atoms with E-state index in [0.717, 1.165) is 19.5 Å². The SMILES string of the molecule is CN(Cc1ccccc1N1CCCCC1)C(=O)NCCc1cccs1. The smallest absolute Gasteiger partial charge is 0.317 e. The lowest BCUT2D eigenvalue weighted by molar-refractivity contribution is 0.207. The summed E-state index contributed by atoms with van der Waals surface area (Å²) >= 11 is 1.73. The first-order chi connectivity index (χ1) is 12.2. The average Bonchev–Trinajstić information content (AvgIpc) is 3.16. The van der Waals surface area contributed by atoms with E-state index in [-0.39, 0.29) is 6.03 Å². The van der Waals surface area contributed by atoms with Crippen molar-refractivity contribution in [2.24, 2.45) is 0 Å². The van der Waals surface area contributed by atoms with E-state index < -0.39 is 0 Å². The van der Waals surface area contributed by atoms with E-state index in [9.17, 15) is 4.79 Å². The van der Waals surface area contributed by atoms with Crippen LogP contribution in [0.5, 0.6) is 0 Å². The van der Waals surface area contributed by atoms with Gasteiger partial charge in [-0.1, -0.05) is 24.3 Å². The number of anilines is 1. The van der Waals surface area contributed by atoms with Gasteiger partial charge in [-0.15, -0.1) is 11.3 Å². The van der Waals surface area contributed by atoms with Crippen LogP contribution in [0, 0.1) is 0 Å². The molecule has 2 amide bonds. The maximum atomic E-state index is 12.4. The molecule has 4 nitrogen and oxygen atoms in total. The second-order valence-electron chi connectivity index (χ2n) is 6.59. The highest BCUT2D eigenvalue weighted by atomic mass is 32.1. The van der Waals surface area contributed by atoms with Crippen molar-refractivity contribution >= 4 is 23.1 Å². The number of piperidine rings is 1. The van der Waals surface area contributed by atoms with Crippen molar-refractivity contribution in [1.82, 2.24) is 10.2 Å². The van der Waals surface area contributed by atoms with Crippen LogP contribution in [0.4, 0.5) is 10.5 Å². The van der Waals surface area contributed by atoms with E-state index in [1.807, 2.05) is 13.1 Å². The summed E-state index contributed by atoms with van der Waals surface area (Å²) < 4.78 is 0. The predicted octanol–water partition coefficient (Wildman–Crippen LogP) is 4.12. The van der Waals surface area contributed by atoms with Crippen LogP contribution in [0.3, 0.4) is 0 Å². The molecule has 1 aromatic heterocycles. The molecule has 1 fully saturated rings. The van der Waals surface area contributed by atoms with Gasteiger partial charge in [-0.3, -0.25) is 0 Å². The molecular weight excluding hydrogens is 330 g/mol. The number of urea groups is 1. The molecule has 5 heteroatoms. The molecule has 0 aliphatic carbocycles. The Hall–Kier alpha value is -2.01. The molecule has 0 radical (unpaired) electrons. The second kappa shape index (κ2) is 8.90. The molecule has 0 atom stereocenters. The van der Waals surface area contributed by atoms with Crippen LogP contribution in [0.25, 0.3) is 0 Å². The van der Waals surface area contributed by atoms with Crippen molar-refractivity contribution in [3.05, 3.63) is 52.2 Å². The summed E-state index contributed by atoms with van der Waals surface area (Å²) in [4.78, 5) is 17.9. The lowest BCUT2D eigenvalue weighted by Gasteiger charge is -2.31. The first-order valence-corrected chi connectivity index (χ1v) is 9.96. The lowest BCUT2D eigenvalue weighted by atomic mass is 10.1. The first kappa shape index (κ1) is 17.8. The van der Waals surface area contributed by atoms with Crippen molar-refractivity contribution < 1.29 is 4.79 Å². The maximum Gasteiger partial charge on any atom is 0.317 e. The molecule has 25 heavy (non-hydrogen) atoms. The van der Waals surface area contributed by atoms with Gasteiger partial charge in [0, 0.05) is 43.8 Å². The quantitative estimate of drug-likeness (QED) is 0.844. The van der Waals surface area contributed by atoms with Gasteiger partial charge >= 0.3 is 6.03 Å². The van der Waals surface area contributed by atoms with E-state index in [1.165, 1.54) is 35.4 Å². The molecule has 2 aromatic rings. The van der Waals surface area contributed by atoms with Crippen LogP contribution in [0.2, 0.25) is 0 Å². The number of hydrogen-bond donors (Lipinski definition) is 1. The Balaban J connectivity index is 1.54. The Morgan fingerprint density at radius 1 is 1.16 bits per heavy atom. The van der Waals surface area contributed by atoms with Crippen molar-refractivity contribution in [3.63, 3.8) is 0 Å². The molecule has 0 saturated carbocycles. The van der Waals surface area contributed by atoms with Crippen LogP contribution in [0.1, 0.15) is 29.7 Å². The van der Waals surface area contributed by atoms with E-state index in [2.05, 4.69) is 45.9 Å². The van der Waals surface area contributed by atoms with Crippen molar-refractivity contribution in [2.75, 3.05) is 31.6 Å². The normalized spacial score (nSPS) is 14.4. The number of thiophene rings is 1. The van der Waals surface area contributed by atoms with Crippen LogP contribution in [-0.2, 0) is 13.0 Å². The molecule has 0 spiro atoms. The monoisotopic (exact) mass is 357 g/mol. The van der Waals surface area contributed by atoms with Gasteiger partial charge in [-0.25, -0.2) is 4.79 Å². The lowest BCUT2D eigenvalue weighted by Crippen LogP contribution is -2.38. The average molecular weight is 358 g/mol. The Morgan fingerprint density at radius 3 is 2.72 bits per heavy atom. The zero-order valence-corrected chi connectivity index (χ0v) is 15.7. The van der Waals surface area contributed by atoms with E-state index in [0.29, 0.717) is 13.1 Å². The molecule has 0 unspecified atom stereocenters. The topological polar surface area (TPSA) is 35.6 Å². The Morgan fingerprint density at radius 2 is 1.96 bits per heavy atom. The van der Waals surface area contributed by atoms with Gasteiger partial charge in [-0.05, 0) is 48.8 Å². The largest absolute Gasteiger partial charge is 0.371 e. The van der Waals surface area contributed by atoms with E-state index >= 15 is 0 Å². The standard InChI is InChI=1S/C20H27N3OS/c1-22(20(24)21-12-11-18-9-7-15-25-18)16-17-8-3-4-10-19(17)23-13-5-2-6-14-23/h3-4,7-10,15H,2,5-6,11-14,16H2,1H3,(H,21,24). The minimum Gasteiger partial charge on any atom is -0.371 e. The van der Waals surface area contributed by atoms with Crippen LogP contribution >= 0.6 is 11.3 Å². The van der Waals surface area contributed by atoms with Crippen molar-refractivity contribution in [1.29, 1.82) is 0 Å². The Bertz CT molecular complexity index is 665. The summed E-state index contributed by atoms with van der Waals surface area (Å²) in [5.41, 5.74) is 2.50. The molecule has 1 aromatic carbocycles. The van der Waals surface area contributed by atoms with Crippen molar-refractivity contribution in [3.8, 4) is 0 Å². The minimum atomic E-state index is -0.00926. The molecule has 1 N–H and O–H groups in total. The maximum absolute atomic E-state index is 12.4. The summed E-state index contributed by atoms with van der Waals surface area (Å²) in [5, 5.41) is 5.09. The molecule has 2 heterocycles. The summed E-state index contributed by atoms with van der Waals surface area (Å²) in [6, 6.07) is 12.6. The highest BCUT2D eigenvalue weighted by Gasteiger charge is 2.16. The fraction of sp³-hybridized carbons (Fsp3) is 0.450. The van der Waals surface area contributed by atoms with Gasteiger partial charge in [0.2, 0.25) is 0 Å². The number of carbonyl (C=O) groups is 1. The van der Waals surface area contributed by atoms with Gasteiger partial charge in [0.15, 0.2) is 0 Å². The first-order valence-electron chi connectivity index (χ1n) is 9.08. The van der Waals surface area contributed by atoms with Crippen molar-refractivity contribution in [2.45, 2.75) is 32.2 Å². The van der Waals surface area contributed by atoms with Crippen LogP contribution < -0.4 is 10.2 Å². The van der Waals surface area contributed by atoms with Crippen LogP contribution in [0.15, 0.2) is 41.8 Å². The van der Waals surface area contributed by atoms with Gasteiger partial charge in [0.1, 0.15) is 0 Å². The fourth-order valence-corrected chi connectivity index (χ4v) is 4.01. The summed E-state index contributed by atoms with van der Waals surface area (Å²) in [5.74, 6) is 0.